The van der Waals surface area contributed by atoms with Gasteiger partial charge in [0.15, 0.2) is 0 Å². The Hall–Kier alpha value is -1.25. The molecule has 2 heterocycles. The lowest BCUT2D eigenvalue weighted by atomic mass is 10.1. The Bertz CT molecular complexity index is 311. The van der Waals surface area contributed by atoms with Gasteiger partial charge in [-0.1, -0.05) is 6.92 Å². The fourth-order valence-electron chi connectivity index (χ4n) is 2.22. The van der Waals surface area contributed by atoms with Crippen LogP contribution in [0.25, 0.3) is 0 Å². The van der Waals surface area contributed by atoms with Gasteiger partial charge in [0, 0.05) is 30.5 Å². The van der Waals surface area contributed by atoms with Gasteiger partial charge in [0.25, 0.3) is 0 Å². The van der Waals surface area contributed by atoms with Gasteiger partial charge < -0.3 is 10.6 Å². The number of hydrogen-bond acceptors (Lipinski definition) is 3. The highest BCUT2D eigenvalue weighted by Gasteiger charge is 2.22. The number of nitrogen functional groups attached to an aromatic ring is 1. The molecule has 0 amide bonds. The second kappa shape index (κ2) is 3.86. The number of pyridine rings is 1. The normalized spacial score (nSPS) is 21.5. The summed E-state index contributed by atoms with van der Waals surface area (Å²) in [5.74, 6) is 0.615. The molecule has 76 valence electrons. The van der Waals surface area contributed by atoms with Crippen molar-refractivity contribution in [1.82, 2.24) is 4.98 Å². The van der Waals surface area contributed by atoms with E-state index in [2.05, 4.69) is 16.8 Å². The number of nitrogens with two attached hydrogens (primary N) is 1. The van der Waals surface area contributed by atoms with Crippen LogP contribution in [0.5, 0.6) is 0 Å². The van der Waals surface area contributed by atoms with Gasteiger partial charge in [-0.3, -0.25) is 0 Å². The molecule has 2 rings (SSSR count). The van der Waals surface area contributed by atoms with Crippen LogP contribution in [0.15, 0.2) is 18.3 Å². The van der Waals surface area contributed by atoms with Gasteiger partial charge in [0.2, 0.25) is 0 Å². The summed E-state index contributed by atoms with van der Waals surface area (Å²) in [4.78, 5) is 6.46. The topological polar surface area (TPSA) is 42.2 Å². The van der Waals surface area contributed by atoms with Gasteiger partial charge in [-0.15, -0.1) is 0 Å². The van der Waals surface area contributed by atoms with Crippen molar-refractivity contribution in [3.05, 3.63) is 18.3 Å². The van der Waals surface area contributed by atoms with Gasteiger partial charge in [-0.25, -0.2) is 4.98 Å². The summed E-state index contributed by atoms with van der Waals surface area (Å²) in [5, 5.41) is 0. The molecule has 1 aromatic rings. The maximum absolute atomic E-state index is 5.68. The van der Waals surface area contributed by atoms with E-state index in [9.17, 15) is 0 Å². The van der Waals surface area contributed by atoms with Crippen molar-refractivity contribution in [2.45, 2.75) is 32.2 Å². The molecule has 1 atom stereocenters. The van der Waals surface area contributed by atoms with E-state index in [-0.39, 0.29) is 0 Å². The number of hydrogen-bond donors (Lipinski definition) is 1. The second-order valence-electron chi connectivity index (χ2n) is 3.84. The first-order chi connectivity index (χ1) is 6.81. The minimum absolute atomic E-state index is 0.615. The number of rotatable bonds is 2. The average molecular weight is 191 g/mol. The molecule has 3 nitrogen and oxygen atoms in total. The summed E-state index contributed by atoms with van der Waals surface area (Å²) in [5.41, 5.74) is 6.90. The van der Waals surface area contributed by atoms with Crippen molar-refractivity contribution < 1.29 is 0 Å². The lowest BCUT2D eigenvalue weighted by molar-refractivity contribution is 0.645. The summed E-state index contributed by atoms with van der Waals surface area (Å²) >= 11 is 0. The van der Waals surface area contributed by atoms with Gasteiger partial charge in [0.05, 0.1) is 0 Å². The summed E-state index contributed by atoms with van der Waals surface area (Å²) in [6, 6.07) is 4.70. The minimum Gasteiger partial charge on any atom is -0.384 e. The fraction of sp³-hybridized carbons (Fsp3) is 0.545. The van der Waals surface area contributed by atoms with Crippen LogP contribution in [0.1, 0.15) is 26.2 Å². The van der Waals surface area contributed by atoms with Crippen LogP contribution in [0, 0.1) is 0 Å². The Morgan fingerprint density at radius 3 is 3.21 bits per heavy atom. The predicted octanol–water partition coefficient (Wildman–Crippen LogP) is 2.04. The first-order valence-corrected chi connectivity index (χ1v) is 5.29. The van der Waals surface area contributed by atoms with Crippen LogP contribution >= 0.6 is 0 Å². The molecule has 1 fully saturated rings. The summed E-state index contributed by atoms with van der Waals surface area (Å²) in [6.45, 7) is 3.40. The molecule has 0 radical (unpaired) electrons. The van der Waals surface area contributed by atoms with Crippen LogP contribution in [-0.2, 0) is 0 Å². The summed E-state index contributed by atoms with van der Waals surface area (Å²) in [6.07, 6.45) is 5.59. The monoisotopic (exact) mass is 191 g/mol. The molecule has 0 bridgehead atoms. The van der Waals surface area contributed by atoms with Crippen molar-refractivity contribution in [2.75, 3.05) is 17.2 Å². The molecule has 1 saturated heterocycles. The van der Waals surface area contributed by atoms with E-state index in [0.29, 0.717) is 11.9 Å². The van der Waals surface area contributed by atoms with Crippen LogP contribution in [0.3, 0.4) is 0 Å². The Morgan fingerprint density at radius 1 is 1.64 bits per heavy atom. The maximum Gasteiger partial charge on any atom is 0.125 e. The highest BCUT2D eigenvalue weighted by atomic mass is 15.2. The molecule has 0 aliphatic carbocycles. The van der Waals surface area contributed by atoms with Gasteiger partial charge in [0.1, 0.15) is 5.82 Å². The zero-order valence-electron chi connectivity index (χ0n) is 8.61. The second-order valence-corrected chi connectivity index (χ2v) is 3.84. The van der Waals surface area contributed by atoms with Crippen molar-refractivity contribution in [3.63, 3.8) is 0 Å². The molecule has 0 spiro atoms. The Balaban J connectivity index is 2.21. The SMILES string of the molecule is CCC1CCCN1c1ccnc(N)c1. The van der Waals surface area contributed by atoms with Gasteiger partial charge >= 0.3 is 0 Å². The standard InChI is InChI=1S/C11H17N3/c1-2-9-4-3-7-14(9)10-5-6-13-11(12)8-10/h5-6,8-9H,2-4,7H2,1H3,(H2,12,13). The first-order valence-electron chi connectivity index (χ1n) is 5.29. The zero-order valence-corrected chi connectivity index (χ0v) is 8.61. The Morgan fingerprint density at radius 2 is 2.50 bits per heavy atom. The van der Waals surface area contributed by atoms with E-state index in [1.54, 1.807) is 6.20 Å². The third-order valence-corrected chi connectivity index (χ3v) is 2.94. The number of anilines is 2. The van der Waals surface area contributed by atoms with E-state index in [0.717, 1.165) is 6.54 Å². The van der Waals surface area contributed by atoms with Crippen LogP contribution < -0.4 is 10.6 Å². The van der Waals surface area contributed by atoms with E-state index in [1.807, 2.05) is 12.1 Å². The average Bonchev–Trinajstić information content (AvgIpc) is 2.65. The molecule has 1 aliphatic rings. The maximum atomic E-state index is 5.68. The molecule has 1 unspecified atom stereocenters. The van der Waals surface area contributed by atoms with E-state index in [4.69, 9.17) is 5.73 Å². The molecular weight excluding hydrogens is 174 g/mol. The summed E-state index contributed by atoms with van der Waals surface area (Å²) < 4.78 is 0. The van der Waals surface area contributed by atoms with E-state index < -0.39 is 0 Å². The fourth-order valence-corrected chi connectivity index (χ4v) is 2.22. The molecule has 2 N–H and O–H groups in total. The third kappa shape index (κ3) is 1.67. The highest BCUT2D eigenvalue weighted by Crippen LogP contribution is 2.27. The van der Waals surface area contributed by atoms with Gasteiger partial charge in [-0.2, -0.15) is 0 Å². The summed E-state index contributed by atoms with van der Waals surface area (Å²) in [7, 11) is 0. The molecule has 0 saturated carbocycles. The van der Waals surface area contributed by atoms with E-state index >= 15 is 0 Å². The van der Waals surface area contributed by atoms with Crippen molar-refractivity contribution in [3.8, 4) is 0 Å². The third-order valence-electron chi connectivity index (χ3n) is 2.94. The van der Waals surface area contributed by atoms with Crippen LogP contribution in [0.2, 0.25) is 0 Å². The minimum atomic E-state index is 0.615. The number of nitrogens with zero attached hydrogens (tertiary/aromatic N) is 2. The van der Waals surface area contributed by atoms with Gasteiger partial charge in [-0.05, 0) is 25.3 Å². The Kier molecular flexibility index (Phi) is 2.57. The highest BCUT2D eigenvalue weighted by molar-refractivity contribution is 5.53. The molecule has 14 heavy (non-hydrogen) atoms. The van der Waals surface area contributed by atoms with E-state index in [1.165, 1.54) is 24.9 Å². The predicted molar refractivity (Wildman–Crippen MR) is 59.3 cm³/mol. The molecule has 3 heteroatoms. The van der Waals surface area contributed by atoms with Crippen LogP contribution in [-0.4, -0.2) is 17.6 Å². The molecule has 1 aromatic heterocycles. The smallest absolute Gasteiger partial charge is 0.125 e. The molecule has 1 aliphatic heterocycles. The van der Waals surface area contributed by atoms with Crippen LogP contribution in [0.4, 0.5) is 11.5 Å². The largest absolute Gasteiger partial charge is 0.384 e. The first kappa shape index (κ1) is 9.31. The lowest BCUT2D eigenvalue weighted by Gasteiger charge is -2.25. The molecule has 0 aromatic carbocycles. The zero-order chi connectivity index (χ0) is 9.97. The quantitative estimate of drug-likeness (QED) is 0.777. The lowest BCUT2D eigenvalue weighted by Crippen LogP contribution is -2.28. The Labute approximate surface area is 84.9 Å². The number of aromatic nitrogens is 1. The van der Waals surface area contributed by atoms with Crippen molar-refractivity contribution in [1.29, 1.82) is 0 Å². The van der Waals surface area contributed by atoms with Crippen molar-refractivity contribution in [2.24, 2.45) is 0 Å². The van der Waals surface area contributed by atoms with Crippen molar-refractivity contribution >= 4 is 11.5 Å². The molecular formula is C11H17N3.